The molecule has 0 aliphatic rings. The molecule has 0 spiro atoms. The monoisotopic (exact) mass is 258 g/mol. The molecule has 80 valence electrons. The lowest BCUT2D eigenvalue weighted by Crippen LogP contribution is -1.79. The lowest BCUT2D eigenvalue weighted by atomic mass is 10.2. The third-order valence-corrected chi connectivity index (χ3v) is 1.30. The zero-order chi connectivity index (χ0) is 11.2. The first-order chi connectivity index (χ1) is 6.33. The van der Waals surface area contributed by atoms with Gasteiger partial charge in [-0.3, -0.25) is 0 Å². The molecule has 0 fully saturated rings. The van der Waals surface area contributed by atoms with Crippen LogP contribution in [0.2, 0.25) is 0 Å². The number of halogens is 3. The molecule has 0 bridgehead atoms. The molecule has 0 N–H and O–H groups in total. The Bertz CT molecular complexity index is 371. The quantitative estimate of drug-likeness (QED) is 0.726. The van der Waals surface area contributed by atoms with E-state index in [0.29, 0.717) is 0 Å². The van der Waals surface area contributed by atoms with Gasteiger partial charge in [0.2, 0.25) is 0 Å². The highest BCUT2D eigenvalue weighted by Crippen LogP contribution is 2.02. The lowest BCUT2D eigenvalue weighted by molar-refractivity contribution is 0.621. The van der Waals surface area contributed by atoms with Gasteiger partial charge in [0, 0.05) is 21.4 Å². The molecular formula is C8H9Cl2FO2S. The van der Waals surface area contributed by atoms with E-state index < -0.39 is 8.26 Å². The average molecular weight is 259 g/mol. The number of hydrogen-bond acceptors (Lipinski definition) is 2. The second-order valence-electron chi connectivity index (χ2n) is 2.36. The van der Waals surface area contributed by atoms with E-state index in [1.54, 1.807) is 12.1 Å². The molecule has 0 aliphatic heterocycles. The van der Waals surface area contributed by atoms with Crippen molar-refractivity contribution in [1.29, 1.82) is 0 Å². The number of hydrogen-bond donors (Lipinski definition) is 0. The Labute approximate surface area is 91.6 Å². The molecule has 1 aromatic carbocycles. The molecule has 1 aromatic rings. The van der Waals surface area contributed by atoms with Gasteiger partial charge in [0.15, 0.2) is 0 Å². The smallest absolute Gasteiger partial charge is 0.207 e. The van der Waals surface area contributed by atoms with Gasteiger partial charge in [-0.05, 0) is 24.1 Å². The van der Waals surface area contributed by atoms with Crippen LogP contribution in [0.4, 0.5) is 4.39 Å². The molecule has 2 nitrogen and oxygen atoms in total. The summed E-state index contributed by atoms with van der Waals surface area (Å²) >= 11 is 0. The van der Waals surface area contributed by atoms with Crippen LogP contribution in [0.15, 0.2) is 24.3 Å². The molecular weight excluding hydrogens is 250 g/mol. The molecule has 0 aliphatic carbocycles. The largest absolute Gasteiger partial charge is 0.317 e. The van der Waals surface area contributed by atoms with Gasteiger partial charge in [0.25, 0.3) is 0 Å². The van der Waals surface area contributed by atoms with Crippen LogP contribution >= 0.6 is 21.4 Å². The summed E-state index contributed by atoms with van der Waals surface area (Å²) in [5, 5.41) is 0. The zero-order valence-corrected chi connectivity index (χ0v) is 9.70. The highest BCUT2D eigenvalue weighted by Gasteiger charge is 1.89. The lowest BCUT2D eigenvalue weighted by Gasteiger charge is -1.92. The molecule has 0 heterocycles. The topological polar surface area (TPSA) is 34.1 Å². The van der Waals surface area contributed by atoms with Crippen molar-refractivity contribution in [2.24, 2.45) is 0 Å². The van der Waals surface area contributed by atoms with Gasteiger partial charge in [-0.25, -0.2) is 4.39 Å². The third-order valence-electron chi connectivity index (χ3n) is 1.30. The molecule has 0 saturated heterocycles. The van der Waals surface area contributed by atoms with Crippen molar-refractivity contribution >= 4 is 29.6 Å². The summed E-state index contributed by atoms with van der Waals surface area (Å²) in [6.45, 7) is 2.01. The van der Waals surface area contributed by atoms with Crippen LogP contribution in [0.3, 0.4) is 0 Å². The molecule has 0 amide bonds. The molecule has 0 saturated carbocycles. The highest BCUT2D eigenvalue weighted by molar-refractivity contribution is 8.31. The summed E-state index contributed by atoms with van der Waals surface area (Å²) in [6.07, 6.45) is 0.901. The third kappa shape index (κ3) is 9.77. The van der Waals surface area contributed by atoms with E-state index >= 15 is 0 Å². The first kappa shape index (κ1) is 13.7. The van der Waals surface area contributed by atoms with E-state index in [1.165, 1.54) is 6.07 Å². The fraction of sp³-hybridized carbons (Fsp3) is 0.250. The Hall–Kier alpha value is -0.320. The molecule has 0 radical (unpaired) electrons. The standard InChI is InChI=1S/C8H9F.Cl2O2S/c1-2-7-4-3-5-8(9)6-7;1-5(2,3)4/h3-6H,2H2,1H3;. The number of rotatable bonds is 1. The van der Waals surface area contributed by atoms with Gasteiger partial charge in [-0.1, -0.05) is 19.1 Å². The molecule has 1 rings (SSSR count). The Morgan fingerprint density at radius 3 is 2.14 bits per heavy atom. The molecule has 0 aromatic heterocycles. The summed E-state index contributed by atoms with van der Waals surface area (Å²) in [7, 11) is 4.81. The highest BCUT2D eigenvalue weighted by atomic mass is 36.0. The van der Waals surface area contributed by atoms with Gasteiger partial charge in [0.1, 0.15) is 5.82 Å². The van der Waals surface area contributed by atoms with Crippen LogP contribution in [0.5, 0.6) is 0 Å². The maximum absolute atomic E-state index is 12.4. The summed E-state index contributed by atoms with van der Waals surface area (Å²) in [6, 6.07) is 6.66. The first-order valence-electron chi connectivity index (χ1n) is 3.71. The Morgan fingerprint density at radius 2 is 1.86 bits per heavy atom. The fourth-order valence-electron chi connectivity index (χ4n) is 0.757. The van der Waals surface area contributed by atoms with Crippen molar-refractivity contribution in [3.8, 4) is 0 Å². The Balaban J connectivity index is 0.000000292. The fourth-order valence-corrected chi connectivity index (χ4v) is 0.757. The summed E-state index contributed by atoms with van der Waals surface area (Å²) in [5.41, 5.74) is 1.05. The van der Waals surface area contributed by atoms with Crippen molar-refractivity contribution in [3.05, 3.63) is 35.6 Å². The minimum Gasteiger partial charge on any atom is -0.207 e. The van der Waals surface area contributed by atoms with E-state index in [4.69, 9.17) is 8.42 Å². The van der Waals surface area contributed by atoms with Crippen LogP contribution < -0.4 is 0 Å². The maximum atomic E-state index is 12.4. The van der Waals surface area contributed by atoms with Crippen LogP contribution in [-0.4, -0.2) is 8.42 Å². The van der Waals surface area contributed by atoms with Crippen molar-refractivity contribution in [1.82, 2.24) is 0 Å². The molecule has 0 atom stereocenters. The minimum absolute atomic E-state index is 0.144. The number of aryl methyl sites for hydroxylation is 1. The van der Waals surface area contributed by atoms with E-state index in [1.807, 2.05) is 13.0 Å². The maximum Gasteiger partial charge on any atom is 0.317 e. The molecule has 0 unspecified atom stereocenters. The first-order valence-corrected chi connectivity index (χ1v) is 6.85. The van der Waals surface area contributed by atoms with Gasteiger partial charge in [0.05, 0.1) is 0 Å². The Morgan fingerprint density at radius 1 is 1.36 bits per heavy atom. The van der Waals surface area contributed by atoms with Crippen LogP contribution in [0, 0.1) is 5.82 Å². The van der Waals surface area contributed by atoms with E-state index in [0.717, 1.165) is 12.0 Å². The normalized spacial score (nSPS) is 10.3. The summed E-state index contributed by atoms with van der Waals surface area (Å²) in [4.78, 5) is 0. The van der Waals surface area contributed by atoms with E-state index in [-0.39, 0.29) is 5.82 Å². The van der Waals surface area contributed by atoms with Gasteiger partial charge < -0.3 is 0 Å². The second kappa shape index (κ2) is 6.22. The van der Waals surface area contributed by atoms with Crippen molar-refractivity contribution in [3.63, 3.8) is 0 Å². The van der Waals surface area contributed by atoms with Crippen molar-refractivity contribution in [2.45, 2.75) is 13.3 Å². The van der Waals surface area contributed by atoms with Gasteiger partial charge in [-0.15, -0.1) is 0 Å². The summed E-state index contributed by atoms with van der Waals surface area (Å²) in [5.74, 6) is -0.144. The predicted molar refractivity (Wildman–Crippen MR) is 56.4 cm³/mol. The van der Waals surface area contributed by atoms with Crippen molar-refractivity contribution in [2.75, 3.05) is 0 Å². The SMILES string of the molecule is CCc1cccc(F)c1.O=S(=O)(Cl)Cl. The van der Waals surface area contributed by atoms with Crippen LogP contribution in [0.1, 0.15) is 12.5 Å². The van der Waals surface area contributed by atoms with E-state index in [2.05, 4.69) is 21.4 Å². The number of benzene rings is 1. The van der Waals surface area contributed by atoms with E-state index in [9.17, 15) is 4.39 Å². The van der Waals surface area contributed by atoms with Crippen LogP contribution in [-0.2, 0) is 14.7 Å². The minimum atomic E-state index is -3.72. The second-order valence-corrected chi connectivity index (χ2v) is 6.03. The van der Waals surface area contributed by atoms with Crippen LogP contribution in [0.25, 0.3) is 0 Å². The average Bonchev–Trinajstić information content (AvgIpc) is 2.01. The molecule has 14 heavy (non-hydrogen) atoms. The van der Waals surface area contributed by atoms with Gasteiger partial charge >= 0.3 is 8.26 Å². The van der Waals surface area contributed by atoms with Crippen molar-refractivity contribution < 1.29 is 12.8 Å². The zero-order valence-electron chi connectivity index (χ0n) is 7.38. The Kier molecular flexibility index (Phi) is 6.08. The molecule has 6 heteroatoms. The van der Waals surface area contributed by atoms with Gasteiger partial charge in [-0.2, -0.15) is 8.42 Å². The summed E-state index contributed by atoms with van der Waals surface area (Å²) < 4.78 is 30.7. The predicted octanol–water partition coefficient (Wildman–Crippen LogP) is 3.10.